The van der Waals surface area contributed by atoms with Gasteiger partial charge in [-0.15, -0.1) is 0 Å². The molecular weight excluding hydrogens is 468 g/mol. The highest BCUT2D eigenvalue weighted by Gasteiger charge is 2.50. The van der Waals surface area contributed by atoms with Crippen LogP contribution in [0.25, 0.3) is 0 Å². The Bertz CT molecular complexity index is 984. The molecule has 206 valence electrons. The largest absolute Gasteiger partial charge is 0.481 e. The Morgan fingerprint density at radius 1 is 1.05 bits per heavy atom. The summed E-state index contributed by atoms with van der Waals surface area (Å²) in [4.78, 5) is 30.7. The summed E-state index contributed by atoms with van der Waals surface area (Å²) >= 11 is 0. The first kappa shape index (κ1) is 29.0. The Balaban J connectivity index is 2.03. The summed E-state index contributed by atoms with van der Waals surface area (Å²) in [7, 11) is 0. The Morgan fingerprint density at radius 2 is 1.68 bits per heavy atom. The SMILES string of the molecule is CCCCN(CCCC)C(=O)CN1C[C@H](c2ccc3c(c2)OCO3)[C@@H](C(=O)O)[C@@H]1C(=C(C)C)C(C)(C)C. The van der Waals surface area contributed by atoms with Crippen molar-refractivity contribution < 1.29 is 24.2 Å². The summed E-state index contributed by atoms with van der Waals surface area (Å²) in [6.07, 6.45) is 4.00. The zero-order valence-electron chi connectivity index (χ0n) is 23.8. The van der Waals surface area contributed by atoms with E-state index < -0.39 is 11.9 Å². The highest BCUT2D eigenvalue weighted by atomic mass is 16.7. The van der Waals surface area contributed by atoms with Crippen LogP contribution in [0.5, 0.6) is 11.5 Å². The molecule has 3 atom stereocenters. The van der Waals surface area contributed by atoms with E-state index in [0.717, 1.165) is 55.5 Å². The Morgan fingerprint density at radius 3 is 2.22 bits per heavy atom. The minimum absolute atomic E-state index is 0.0874. The number of carbonyl (C=O) groups is 2. The first-order valence-corrected chi connectivity index (χ1v) is 13.8. The molecule has 1 fully saturated rings. The zero-order valence-corrected chi connectivity index (χ0v) is 23.8. The van der Waals surface area contributed by atoms with Gasteiger partial charge in [0.2, 0.25) is 12.7 Å². The summed E-state index contributed by atoms with van der Waals surface area (Å²) in [5, 5.41) is 10.6. The number of nitrogens with zero attached hydrogens (tertiary/aromatic N) is 2. The van der Waals surface area contributed by atoms with Gasteiger partial charge in [-0.1, -0.05) is 59.1 Å². The van der Waals surface area contributed by atoms with Crippen LogP contribution in [0.15, 0.2) is 29.3 Å². The van der Waals surface area contributed by atoms with Crippen LogP contribution in [-0.2, 0) is 9.59 Å². The van der Waals surface area contributed by atoms with E-state index in [4.69, 9.17) is 9.47 Å². The van der Waals surface area contributed by atoms with Crippen molar-refractivity contribution in [2.75, 3.05) is 33.0 Å². The van der Waals surface area contributed by atoms with Crippen LogP contribution in [-0.4, -0.2) is 65.8 Å². The monoisotopic (exact) mass is 514 g/mol. The van der Waals surface area contributed by atoms with Gasteiger partial charge in [-0.3, -0.25) is 14.5 Å². The summed E-state index contributed by atoms with van der Waals surface area (Å²) in [5.74, 6) is -0.377. The number of fused-ring (bicyclic) bond motifs is 1. The fraction of sp³-hybridized carbons (Fsp3) is 0.667. The summed E-state index contributed by atoms with van der Waals surface area (Å²) in [5.41, 5.74) is 2.88. The number of benzene rings is 1. The summed E-state index contributed by atoms with van der Waals surface area (Å²) in [6, 6.07) is 5.35. The predicted molar refractivity (Wildman–Crippen MR) is 146 cm³/mol. The molecular formula is C30H46N2O5. The zero-order chi connectivity index (χ0) is 27.3. The Labute approximate surface area is 222 Å². The molecule has 0 aromatic heterocycles. The van der Waals surface area contributed by atoms with Gasteiger partial charge in [0.15, 0.2) is 11.5 Å². The second kappa shape index (κ2) is 12.3. The molecule has 0 bridgehead atoms. The molecule has 1 amide bonds. The number of carbonyl (C=O) groups excluding carboxylic acids is 1. The average Bonchev–Trinajstić information content (AvgIpc) is 3.42. The highest BCUT2D eigenvalue weighted by Crippen LogP contribution is 2.47. The van der Waals surface area contributed by atoms with E-state index in [0.29, 0.717) is 18.0 Å². The molecule has 7 heteroatoms. The molecule has 0 aliphatic carbocycles. The number of hydrogen-bond donors (Lipinski definition) is 1. The maximum Gasteiger partial charge on any atom is 0.309 e. The van der Waals surface area contributed by atoms with Gasteiger partial charge in [0.1, 0.15) is 0 Å². The van der Waals surface area contributed by atoms with Gasteiger partial charge >= 0.3 is 5.97 Å². The van der Waals surface area contributed by atoms with Crippen molar-refractivity contribution in [2.45, 2.75) is 86.1 Å². The van der Waals surface area contributed by atoms with E-state index in [1.165, 1.54) is 0 Å². The van der Waals surface area contributed by atoms with Crippen molar-refractivity contribution in [3.8, 4) is 11.5 Å². The van der Waals surface area contributed by atoms with E-state index in [1.807, 2.05) is 23.1 Å². The van der Waals surface area contributed by atoms with Crippen LogP contribution < -0.4 is 9.47 Å². The second-order valence-corrected chi connectivity index (χ2v) is 11.7. The van der Waals surface area contributed by atoms with Crippen LogP contribution in [0.4, 0.5) is 0 Å². The van der Waals surface area contributed by atoms with Crippen LogP contribution in [0.2, 0.25) is 0 Å². The molecule has 1 aromatic carbocycles. The molecule has 1 saturated heterocycles. The quantitative estimate of drug-likeness (QED) is 0.382. The van der Waals surface area contributed by atoms with Crippen molar-refractivity contribution in [2.24, 2.45) is 11.3 Å². The van der Waals surface area contributed by atoms with Crippen LogP contribution in [0.3, 0.4) is 0 Å². The fourth-order valence-corrected chi connectivity index (χ4v) is 6.04. The number of allylic oxidation sites excluding steroid dienone is 1. The number of carboxylic acid groups (broad SMARTS) is 1. The lowest BCUT2D eigenvalue weighted by Crippen LogP contribution is -2.47. The number of carboxylic acids is 1. The minimum Gasteiger partial charge on any atom is -0.481 e. The molecule has 7 nitrogen and oxygen atoms in total. The first-order chi connectivity index (χ1) is 17.5. The van der Waals surface area contributed by atoms with Gasteiger partial charge < -0.3 is 19.5 Å². The van der Waals surface area contributed by atoms with Crippen molar-refractivity contribution in [3.63, 3.8) is 0 Å². The standard InChI is InChI=1S/C30H46N2O5/c1-8-10-14-31(15-11-9-2)25(33)18-32-17-22(21-12-13-23-24(16-21)37-19-36-23)26(29(34)35)28(32)27(20(3)4)30(5,6)7/h12-13,16,22,26,28H,8-11,14-15,17-19H2,1-7H3,(H,34,35)/t22-,26-,28-/m1/s1. The van der Waals surface area contributed by atoms with Gasteiger partial charge in [-0.25, -0.2) is 0 Å². The number of amides is 1. The van der Waals surface area contributed by atoms with Gasteiger partial charge in [-0.05, 0) is 55.4 Å². The predicted octanol–water partition coefficient (Wildman–Crippen LogP) is 5.70. The molecule has 0 saturated carbocycles. The van der Waals surface area contributed by atoms with E-state index in [2.05, 4.69) is 53.4 Å². The molecule has 37 heavy (non-hydrogen) atoms. The number of aliphatic carboxylic acids is 1. The summed E-state index contributed by atoms with van der Waals surface area (Å²) < 4.78 is 11.1. The molecule has 2 aliphatic rings. The molecule has 3 rings (SSSR count). The van der Waals surface area contributed by atoms with Crippen molar-refractivity contribution >= 4 is 11.9 Å². The highest BCUT2D eigenvalue weighted by molar-refractivity contribution is 5.79. The third-order valence-electron chi connectivity index (χ3n) is 7.60. The molecule has 2 aliphatic heterocycles. The normalized spacial score (nSPS) is 21.2. The van der Waals surface area contributed by atoms with Crippen molar-refractivity contribution in [3.05, 3.63) is 34.9 Å². The van der Waals surface area contributed by atoms with E-state index >= 15 is 0 Å². The van der Waals surface area contributed by atoms with Crippen LogP contribution in [0, 0.1) is 11.3 Å². The molecule has 1 N–H and O–H groups in total. The third kappa shape index (κ3) is 6.67. The van der Waals surface area contributed by atoms with E-state index in [-0.39, 0.29) is 36.6 Å². The number of unbranched alkanes of at least 4 members (excludes halogenated alkanes) is 2. The molecule has 0 spiro atoms. The van der Waals surface area contributed by atoms with Crippen molar-refractivity contribution in [1.82, 2.24) is 9.80 Å². The molecule has 1 aromatic rings. The topological polar surface area (TPSA) is 79.3 Å². The average molecular weight is 515 g/mol. The number of likely N-dealkylation sites (tertiary alicyclic amines) is 1. The lowest BCUT2D eigenvalue weighted by atomic mass is 9.73. The number of rotatable bonds is 11. The first-order valence-electron chi connectivity index (χ1n) is 13.8. The molecule has 0 unspecified atom stereocenters. The Kier molecular flexibility index (Phi) is 9.68. The number of hydrogen-bond acceptors (Lipinski definition) is 5. The van der Waals surface area contributed by atoms with E-state index in [1.54, 1.807) is 0 Å². The maximum atomic E-state index is 13.7. The smallest absolute Gasteiger partial charge is 0.309 e. The second-order valence-electron chi connectivity index (χ2n) is 11.7. The van der Waals surface area contributed by atoms with Gasteiger partial charge in [0.25, 0.3) is 0 Å². The van der Waals surface area contributed by atoms with Gasteiger partial charge in [0, 0.05) is 31.6 Å². The van der Waals surface area contributed by atoms with Crippen molar-refractivity contribution in [1.29, 1.82) is 0 Å². The third-order valence-corrected chi connectivity index (χ3v) is 7.60. The lowest BCUT2D eigenvalue weighted by Gasteiger charge is -2.37. The molecule has 0 radical (unpaired) electrons. The fourth-order valence-electron chi connectivity index (χ4n) is 6.04. The maximum absolute atomic E-state index is 13.7. The Hall–Kier alpha value is -2.54. The van der Waals surface area contributed by atoms with Crippen LogP contribution >= 0.6 is 0 Å². The van der Waals surface area contributed by atoms with Gasteiger partial charge in [-0.2, -0.15) is 0 Å². The molecule has 2 heterocycles. The minimum atomic E-state index is -0.834. The van der Waals surface area contributed by atoms with E-state index in [9.17, 15) is 14.7 Å². The van der Waals surface area contributed by atoms with Gasteiger partial charge in [0.05, 0.1) is 12.5 Å². The van der Waals surface area contributed by atoms with Crippen LogP contribution in [0.1, 0.15) is 85.6 Å². The number of ether oxygens (including phenoxy) is 2. The lowest BCUT2D eigenvalue weighted by molar-refractivity contribution is -0.143. The summed E-state index contributed by atoms with van der Waals surface area (Å²) in [6.45, 7) is 17.2.